The van der Waals surface area contributed by atoms with E-state index in [1.54, 1.807) is 48.8 Å². The fourth-order valence-electron chi connectivity index (χ4n) is 1.80. The Morgan fingerprint density at radius 3 is 2.29 bits per heavy atom. The molecule has 4 N–H and O–H groups in total. The number of aromatic nitrogens is 2. The summed E-state index contributed by atoms with van der Waals surface area (Å²) in [5, 5.41) is 21.6. The Labute approximate surface area is 135 Å². The third kappa shape index (κ3) is 4.17. The van der Waals surface area contributed by atoms with Crippen LogP contribution >= 0.6 is 0 Å². The molecular formula is C16H13N3O5. The zero-order chi connectivity index (χ0) is 17.5. The maximum Gasteiger partial charge on any atom is 0.338 e. The third-order valence-electron chi connectivity index (χ3n) is 2.84. The topological polar surface area (TPSA) is 140 Å². The number of aliphatic carboxylic acids is 2. The molecule has 0 saturated carbocycles. The summed E-state index contributed by atoms with van der Waals surface area (Å²) in [6.45, 7) is 0. The number of benzene rings is 1. The van der Waals surface area contributed by atoms with Crippen molar-refractivity contribution in [3.63, 3.8) is 0 Å². The van der Waals surface area contributed by atoms with Gasteiger partial charge in [-0.1, -0.05) is 17.3 Å². The number of carbonyl (C=O) groups is 2. The van der Waals surface area contributed by atoms with Crippen molar-refractivity contribution >= 4 is 34.2 Å². The van der Waals surface area contributed by atoms with E-state index in [2.05, 4.69) is 10.1 Å². The molecule has 0 aliphatic rings. The van der Waals surface area contributed by atoms with Crippen molar-refractivity contribution in [3.8, 4) is 0 Å². The summed E-state index contributed by atoms with van der Waals surface area (Å²) in [4.78, 5) is 25.3. The molecule has 8 heteroatoms. The van der Waals surface area contributed by atoms with Crippen LogP contribution in [0.15, 0.2) is 59.4 Å². The molecule has 0 aliphatic carbocycles. The van der Waals surface area contributed by atoms with Crippen molar-refractivity contribution in [2.75, 3.05) is 5.73 Å². The van der Waals surface area contributed by atoms with Crippen LogP contribution in [-0.4, -0.2) is 32.3 Å². The van der Waals surface area contributed by atoms with Crippen LogP contribution in [0.1, 0.15) is 5.69 Å². The summed E-state index contributed by atoms with van der Waals surface area (Å²) >= 11 is 0. The number of carboxylic acids is 2. The Morgan fingerprint density at radius 1 is 1.08 bits per heavy atom. The lowest BCUT2D eigenvalue weighted by Crippen LogP contribution is -2.03. The summed E-state index contributed by atoms with van der Waals surface area (Å²) in [7, 11) is 0. The summed E-state index contributed by atoms with van der Waals surface area (Å²) in [6.07, 6.45) is 3.91. The number of fused-ring (bicyclic) bond motifs is 1. The molecule has 3 rings (SSSR count). The van der Waals surface area contributed by atoms with Gasteiger partial charge in [-0.3, -0.25) is 4.98 Å². The standard InChI is InChI=1S/C11H7NO5.C5H6N2/c13-9(14)5-7(11(15)16)10-6-3-1-2-4-8(6)17-12-10;6-5-1-3-7-4-2-5/h1-5H,(H,13,14)(H,15,16);1-4H,(H2,6,7)/b7-5-;. The van der Waals surface area contributed by atoms with Crippen LogP contribution in [0.25, 0.3) is 16.5 Å². The Hall–Kier alpha value is -3.68. The lowest BCUT2D eigenvalue weighted by Gasteiger charge is -1.96. The van der Waals surface area contributed by atoms with E-state index >= 15 is 0 Å². The molecule has 0 radical (unpaired) electrons. The van der Waals surface area contributed by atoms with Gasteiger partial charge in [0.25, 0.3) is 0 Å². The van der Waals surface area contributed by atoms with Crippen molar-refractivity contribution in [3.05, 3.63) is 60.6 Å². The van der Waals surface area contributed by atoms with Crippen LogP contribution in [0, 0.1) is 0 Å². The van der Waals surface area contributed by atoms with E-state index < -0.39 is 17.5 Å². The van der Waals surface area contributed by atoms with Gasteiger partial charge in [0.05, 0.1) is 5.57 Å². The van der Waals surface area contributed by atoms with Crippen LogP contribution in [0.2, 0.25) is 0 Å². The molecule has 0 spiro atoms. The first-order valence-electron chi connectivity index (χ1n) is 6.67. The zero-order valence-corrected chi connectivity index (χ0v) is 12.3. The molecule has 0 atom stereocenters. The van der Waals surface area contributed by atoms with Crippen LogP contribution in [0.5, 0.6) is 0 Å². The second-order valence-electron chi connectivity index (χ2n) is 4.51. The summed E-state index contributed by atoms with van der Waals surface area (Å²) in [5.41, 5.74) is 6.08. The molecule has 2 aromatic heterocycles. The first kappa shape index (κ1) is 16.7. The summed E-state index contributed by atoms with van der Waals surface area (Å²) < 4.78 is 4.91. The van der Waals surface area contributed by atoms with E-state index in [1.165, 1.54) is 0 Å². The minimum atomic E-state index is -1.37. The molecule has 0 fully saturated rings. The number of anilines is 1. The first-order valence-corrected chi connectivity index (χ1v) is 6.67. The minimum absolute atomic E-state index is 0.00972. The van der Waals surface area contributed by atoms with Gasteiger partial charge in [-0.05, 0) is 24.3 Å². The van der Waals surface area contributed by atoms with Crippen molar-refractivity contribution in [1.29, 1.82) is 0 Å². The predicted octanol–water partition coefficient (Wildman–Crippen LogP) is 2.04. The van der Waals surface area contributed by atoms with Gasteiger partial charge in [0, 0.05) is 29.5 Å². The average molecular weight is 327 g/mol. The van der Waals surface area contributed by atoms with Gasteiger partial charge in [0.1, 0.15) is 5.69 Å². The van der Waals surface area contributed by atoms with Crippen molar-refractivity contribution in [1.82, 2.24) is 10.1 Å². The molecule has 1 aromatic carbocycles. The van der Waals surface area contributed by atoms with E-state index in [9.17, 15) is 9.59 Å². The van der Waals surface area contributed by atoms with Crippen molar-refractivity contribution in [2.24, 2.45) is 0 Å². The first-order chi connectivity index (χ1) is 11.5. The van der Waals surface area contributed by atoms with Gasteiger partial charge in [-0.15, -0.1) is 0 Å². The van der Waals surface area contributed by atoms with Crippen molar-refractivity contribution < 1.29 is 24.3 Å². The third-order valence-corrected chi connectivity index (χ3v) is 2.84. The van der Waals surface area contributed by atoms with Gasteiger partial charge in [0.15, 0.2) is 5.58 Å². The molecule has 2 heterocycles. The number of pyridine rings is 1. The molecule has 0 unspecified atom stereocenters. The number of nitrogens with zero attached hydrogens (tertiary/aromatic N) is 2. The Morgan fingerprint density at radius 2 is 1.75 bits per heavy atom. The normalized spacial score (nSPS) is 10.8. The van der Waals surface area contributed by atoms with E-state index in [0.29, 0.717) is 17.0 Å². The summed E-state index contributed by atoms with van der Waals surface area (Å²) in [6, 6.07) is 10.1. The second-order valence-corrected chi connectivity index (χ2v) is 4.51. The monoisotopic (exact) mass is 327 g/mol. The Bertz CT molecular complexity index is 887. The molecule has 3 aromatic rings. The van der Waals surface area contributed by atoms with Crippen LogP contribution < -0.4 is 5.73 Å². The SMILES string of the molecule is Nc1ccncc1.O=C(O)/C=C(\C(=O)O)c1noc2ccccc12. The van der Waals surface area contributed by atoms with Gasteiger partial charge >= 0.3 is 11.9 Å². The van der Waals surface area contributed by atoms with E-state index in [4.69, 9.17) is 20.5 Å². The molecule has 0 amide bonds. The molecule has 8 nitrogen and oxygen atoms in total. The van der Waals surface area contributed by atoms with E-state index in [0.717, 1.165) is 5.69 Å². The minimum Gasteiger partial charge on any atom is -0.478 e. The number of hydrogen-bond acceptors (Lipinski definition) is 6. The van der Waals surface area contributed by atoms with Crippen LogP contribution in [0.4, 0.5) is 5.69 Å². The average Bonchev–Trinajstić information content (AvgIpc) is 2.97. The molecule has 0 aliphatic heterocycles. The molecule has 24 heavy (non-hydrogen) atoms. The Kier molecular flexibility index (Phi) is 5.24. The number of carboxylic acid groups (broad SMARTS) is 2. The van der Waals surface area contributed by atoms with Crippen molar-refractivity contribution in [2.45, 2.75) is 0 Å². The summed E-state index contributed by atoms with van der Waals surface area (Å²) in [5.74, 6) is -2.72. The Balaban J connectivity index is 0.000000249. The lowest BCUT2D eigenvalue weighted by atomic mass is 10.1. The molecule has 0 bridgehead atoms. The number of rotatable bonds is 3. The molecule has 122 valence electrons. The van der Waals surface area contributed by atoms with Gasteiger partial charge in [-0.25, -0.2) is 9.59 Å². The maximum absolute atomic E-state index is 11.0. The lowest BCUT2D eigenvalue weighted by molar-refractivity contribution is -0.133. The van der Waals surface area contributed by atoms with Gasteiger partial charge < -0.3 is 20.5 Å². The van der Waals surface area contributed by atoms with E-state index in [-0.39, 0.29) is 5.69 Å². The van der Waals surface area contributed by atoms with Crippen LogP contribution in [-0.2, 0) is 9.59 Å². The van der Waals surface area contributed by atoms with E-state index in [1.807, 2.05) is 0 Å². The van der Waals surface area contributed by atoms with Gasteiger partial charge in [0.2, 0.25) is 0 Å². The van der Waals surface area contributed by atoms with Gasteiger partial charge in [-0.2, -0.15) is 0 Å². The fraction of sp³-hybridized carbons (Fsp3) is 0. The number of para-hydroxylation sites is 1. The number of nitrogens with two attached hydrogens (primary N) is 1. The highest BCUT2D eigenvalue weighted by atomic mass is 16.5. The molecular weight excluding hydrogens is 314 g/mol. The number of hydrogen-bond donors (Lipinski definition) is 3. The number of nitrogen functional groups attached to an aromatic ring is 1. The maximum atomic E-state index is 11.0. The zero-order valence-electron chi connectivity index (χ0n) is 12.3. The predicted molar refractivity (Wildman–Crippen MR) is 85.9 cm³/mol. The quantitative estimate of drug-likeness (QED) is 0.621. The van der Waals surface area contributed by atoms with Crippen LogP contribution in [0.3, 0.4) is 0 Å². The highest BCUT2D eigenvalue weighted by Gasteiger charge is 2.19. The largest absolute Gasteiger partial charge is 0.478 e. The second kappa shape index (κ2) is 7.54. The highest BCUT2D eigenvalue weighted by Crippen LogP contribution is 2.24. The molecule has 0 saturated heterocycles. The highest BCUT2D eigenvalue weighted by molar-refractivity contribution is 6.21. The smallest absolute Gasteiger partial charge is 0.338 e. The fourth-order valence-corrected chi connectivity index (χ4v) is 1.80.